The van der Waals surface area contributed by atoms with Crippen molar-refractivity contribution in [2.24, 2.45) is 44.8 Å². The number of Topliss-reactive ketones (excluding diaryl/α,β-unsaturated/α-hetero) is 1. The Hall–Kier alpha value is -2.42. The number of carbonyl (C=O) groups excluding carboxylic acids is 2. The van der Waals surface area contributed by atoms with Crippen molar-refractivity contribution in [2.75, 3.05) is 7.05 Å². The van der Waals surface area contributed by atoms with Gasteiger partial charge < -0.3 is 10.0 Å². The highest BCUT2D eigenvalue weighted by Gasteiger charge is 2.70. The molecule has 0 bridgehead atoms. The summed E-state index contributed by atoms with van der Waals surface area (Å²) in [6.07, 6.45) is 8.67. The van der Waals surface area contributed by atoms with Gasteiger partial charge in [0.05, 0.1) is 5.57 Å². The zero-order chi connectivity index (χ0) is 28.3. The Morgan fingerprint density at radius 1 is 1.03 bits per heavy atom. The summed E-state index contributed by atoms with van der Waals surface area (Å²) in [4.78, 5) is 41.5. The van der Waals surface area contributed by atoms with Crippen molar-refractivity contribution in [1.29, 1.82) is 5.26 Å². The Bertz CT molecular complexity index is 1240. The van der Waals surface area contributed by atoms with E-state index in [9.17, 15) is 24.8 Å². The molecule has 0 heterocycles. The second kappa shape index (κ2) is 7.83. The van der Waals surface area contributed by atoms with E-state index in [0.717, 1.165) is 50.5 Å². The molecule has 206 valence electrons. The fraction of sp³-hybridized carbons (Fsp3) is 0.750. The van der Waals surface area contributed by atoms with E-state index < -0.39 is 22.5 Å². The van der Waals surface area contributed by atoms with Crippen molar-refractivity contribution < 1.29 is 19.5 Å². The first kappa shape index (κ1) is 27.2. The maximum absolute atomic E-state index is 14.4. The first-order valence-electron chi connectivity index (χ1n) is 14.3. The number of carboxylic acid groups (broad SMARTS) is 1. The number of carbonyl (C=O) groups is 3. The van der Waals surface area contributed by atoms with Crippen LogP contribution in [0.5, 0.6) is 0 Å². The van der Waals surface area contributed by atoms with E-state index in [0.29, 0.717) is 0 Å². The number of fused-ring (bicyclic) bond motifs is 7. The van der Waals surface area contributed by atoms with Crippen LogP contribution in [0.1, 0.15) is 93.4 Å². The van der Waals surface area contributed by atoms with Crippen molar-refractivity contribution in [3.05, 3.63) is 23.3 Å². The largest absolute Gasteiger partial charge is 0.465 e. The first-order chi connectivity index (χ1) is 17.4. The van der Waals surface area contributed by atoms with Gasteiger partial charge in [-0.1, -0.05) is 60.1 Å². The van der Waals surface area contributed by atoms with Crippen molar-refractivity contribution in [1.82, 2.24) is 4.90 Å². The Balaban J connectivity index is 1.70. The zero-order valence-electron chi connectivity index (χ0n) is 24.4. The predicted octanol–water partition coefficient (Wildman–Crippen LogP) is 6.57. The van der Waals surface area contributed by atoms with Crippen LogP contribution >= 0.6 is 0 Å². The fourth-order valence-electron chi connectivity index (χ4n) is 10.4. The van der Waals surface area contributed by atoms with Gasteiger partial charge in [-0.05, 0) is 79.1 Å². The minimum absolute atomic E-state index is 0.0151. The molecule has 0 unspecified atom stereocenters. The predicted molar refractivity (Wildman–Crippen MR) is 145 cm³/mol. The Kier molecular flexibility index (Phi) is 5.59. The van der Waals surface area contributed by atoms with Gasteiger partial charge in [-0.15, -0.1) is 0 Å². The molecule has 0 aromatic heterocycles. The molecule has 7 atom stereocenters. The number of hydrogen-bond acceptors (Lipinski definition) is 4. The lowest BCUT2D eigenvalue weighted by Gasteiger charge is -2.70. The molecule has 1 amide bonds. The third-order valence-corrected chi connectivity index (χ3v) is 12.8. The lowest BCUT2D eigenvalue weighted by atomic mass is 9.35. The third kappa shape index (κ3) is 3.14. The molecule has 5 aliphatic rings. The Morgan fingerprint density at radius 3 is 2.26 bits per heavy atom. The molecule has 1 N–H and O–H groups in total. The normalized spacial score (nSPS) is 44.8. The number of hydrogen-bond donors (Lipinski definition) is 1. The molecule has 0 aromatic rings. The van der Waals surface area contributed by atoms with Gasteiger partial charge in [-0.25, -0.2) is 4.79 Å². The van der Waals surface area contributed by atoms with Crippen LogP contribution < -0.4 is 0 Å². The minimum atomic E-state index is -0.916. The molecular formula is C32H44N2O4. The summed E-state index contributed by atoms with van der Waals surface area (Å²) in [5.41, 5.74) is -1.08. The first-order valence-corrected chi connectivity index (χ1v) is 14.3. The maximum atomic E-state index is 14.4. The topological polar surface area (TPSA) is 98.5 Å². The highest BCUT2D eigenvalue weighted by atomic mass is 16.4. The van der Waals surface area contributed by atoms with Crippen LogP contribution in [-0.2, 0) is 9.59 Å². The number of ketones is 2. The van der Waals surface area contributed by atoms with Crippen molar-refractivity contribution in [3.63, 3.8) is 0 Å². The van der Waals surface area contributed by atoms with E-state index in [2.05, 4.69) is 40.7 Å². The summed E-state index contributed by atoms with van der Waals surface area (Å²) in [6, 6.07) is 2.17. The molecule has 3 saturated carbocycles. The molecule has 0 aromatic carbocycles. The van der Waals surface area contributed by atoms with Gasteiger partial charge in [0, 0.05) is 29.3 Å². The maximum Gasteiger partial charge on any atom is 0.407 e. The second-order valence-electron chi connectivity index (χ2n) is 15.2. The zero-order valence-corrected chi connectivity index (χ0v) is 24.4. The number of nitriles is 1. The SMILES string of the molecule is CN(C(=O)O)[C@]12CCC(C)(C)C[C@H]1[C@H]1C(=O)C=C3[C@@]4(C)C=C(C#N)C(=O)C(C)(C)[C@@H]4CC[C@@]3(C)[C@]1(C)CC2. The molecule has 6 heteroatoms. The lowest BCUT2D eigenvalue weighted by molar-refractivity contribution is -0.172. The quantitative estimate of drug-likeness (QED) is 0.422. The molecule has 5 aliphatic carbocycles. The second-order valence-corrected chi connectivity index (χ2v) is 15.2. The Morgan fingerprint density at radius 2 is 1.66 bits per heavy atom. The summed E-state index contributed by atoms with van der Waals surface area (Å²) in [5.74, 6) is -0.283. The van der Waals surface area contributed by atoms with E-state index >= 15 is 0 Å². The van der Waals surface area contributed by atoms with Crippen LogP contribution in [0, 0.1) is 56.2 Å². The van der Waals surface area contributed by atoms with Gasteiger partial charge in [-0.3, -0.25) is 9.59 Å². The van der Waals surface area contributed by atoms with Crippen LogP contribution in [-0.4, -0.2) is 40.3 Å². The molecule has 6 nitrogen and oxygen atoms in total. The summed E-state index contributed by atoms with van der Waals surface area (Å²) in [6.45, 7) is 15.2. The van der Waals surface area contributed by atoms with E-state index in [-0.39, 0.29) is 51.1 Å². The summed E-state index contributed by atoms with van der Waals surface area (Å²) >= 11 is 0. The van der Waals surface area contributed by atoms with Crippen LogP contribution in [0.3, 0.4) is 0 Å². The number of amides is 1. The lowest BCUT2D eigenvalue weighted by Crippen LogP contribution is -2.69. The fourth-order valence-corrected chi connectivity index (χ4v) is 10.4. The molecule has 0 saturated heterocycles. The van der Waals surface area contributed by atoms with Gasteiger partial charge in [-0.2, -0.15) is 5.26 Å². The van der Waals surface area contributed by atoms with E-state index in [1.807, 2.05) is 26.0 Å². The van der Waals surface area contributed by atoms with Gasteiger partial charge in [0.15, 0.2) is 11.6 Å². The van der Waals surface area contributed by atoms with Gasteiger partial charge in [0.25, 0.3) is 0 Å². The standard InChI is InChI=1S/C32H44N2O4/c1-27(2)11-13-32(34(8)26(37)38)14-12-31(7)24(20(32)17-27)21(35)15-23-29(5)16-19(18-33)25(36)28(3,4)22(29)9-10-30(23,31)6/h15-16,20,22,24H,9-14,17H2,1-8H3,(H,37,38)/t20-,22-,24-,29-,30+,31+,32-/m0/s1. The van der Waals surface area contributed by atoms with Crippen molar-refractivity contribution in [3.8, 4) is 6.07 Å². The van der Waals surface area contributed by atoms with E-state index in [1.54, 1.807) is 7.05 Å². The minimum Gasteiger partial charge on any atom is -0.465 e. The van der Waals surface area contributed by atoms with Gasteiger partial charge in [0.2, 0.25) is 0 Å². The van der Waals surface area contributed by atoms with Crippen LogP contribution in [0.25, 0.3) is 0 Å². The number of allylic oxidation sites excluding steroid dienone is 4. The van der Waals surface area contributed by atoms with Crippen molar-refractivity contribution >= 4 is 17.7 Å². The Labute approximate surface area is 227 Å². The van der Waals surface area contributed by atoms with Crippen molar-refractivity contribution in [2.45, 2.75) is 99.0 Å². The molecule has 0 radical (unpaired) electrons. The van der Waals surface area contributed by atoms with E-state index in [4.69, 9.17) is 0 Å². The van der Waals surface area contributed by atoms with Gasteiger partial charge in [0.1, 0.15) is 6.07 Å². The number of rotatable bonds is 1. The molecule has 3 fully saturated rings. The highest BCUT2D eigenvalue weighted by molar-refractivity contribution is 6.04. The molecular weight excluding hydrogens is 476 g/mol. The summed E-state index contributed by atoms with van der Waals surface area (Å²) in [7, 11) is 1.70. The molecule has 38 heavy (non-hydrogen) atoms. The van der Waals surface area contributed by atoms with Crippen LogP contribution in [0.4, 0.5) is 4.79 Å². The monoisotopic (exact) mass is 520 g/mol. The van der Waals surface area contributed by atoms with Gasteiger partial charge >= 0.3 is 6.09 Å². The molecule has 0 aliphatic heterocycles. The highest BCUT2D eigenvalue weighted by Crippen LogP contribution is 2.73. The van der Waals surface area contributed by atoms with Crippen LogP contribution in [0.2, 0.25) is 0 Å². The average molecular weight is 521 g/mol. The molecule has 0 spiro atoms. The summed E-state index contributed by atoms with van der Waals surface area (Å²) in [5, 5.41) is 20.0. The number of nitrogens with zero attached hydrogens (tertiary/aromatic N) is 2. The summed E-state index contributed by atoms with van der Waals surface area (Å²) < 4.78 is 0. The van der Waals surface area contributed by atoms with Crippen LogP contribution in [0.15, 0.2) is 23.3 Å². The third-order valence-electron chi connectivity index (χ3n) is 12.8. The average Bonchev–Trinajstić information content (AvgIpc) is 2.82. The smallest absolute Gasteiger partial charge is 0.407 e. The van der Waals surface area contributed by atoms with E-state index in [1.165, 1.54) is 4.90 Å². The molecule has 5 rings (SSSR count).